The Balaban J connectivity index is 1.96. The van der Waals surface area contributed by atoms with Crippen LogP contribution in [0.1, 0.15) is 54.7 Å². The van der Waals surface area contributed by atoms with Crippen LogP contribution in [0.3, 0.4) is 0 Å². The third kappa shape index (κ3) is 13.0. The SMILES string of the molecule is C#CCOCCNC(=O)c1cc(COC(=O)Nc2ccc(CO)cc2CO)ccc1OC1O[C@H](COC(C)=O)[C@H](OC(C)=O)[C@H](OC(C)=O)[C@H]1OC(C)=O. The van der Waals surface area contributed by atoms with Gasteiger partial charge in [0.25, 0.3) is 5.91 Å². The predicted octanol–water partition coefficient (Wildman–Crippen LogP) is 1.26. The zero-order chi connectivity index (χ0) is 39.8. The number of nitrogens with one attached hydrogen (secondary N) is 2. The summed E-state index contributed by atoms with van der Waals surface area (Å²) in [6, 6.07) is 8.71. The number of benzene rings is 2. The zero-order valence-corrected chi connectivity index (χ0v) is 30.0. The Kier molecular flexibility index (Phi) is 16.7. The van der Waals surface area contributed by atoms with Crippen molar-refractivity contribution < 1.29 is 76.9 Å². The molecule has 5 atom stereocenters. The summed E-state index contributed by atoms with van der Waals surface area (Å²) in [7, 11) is 0. The molecule has 0 aromatic heterocycles. The molecule has 2 aromatic rings. The van der Waals surface area contributed by atoms with Crippen LogP contribution in [0.5, 0.6) is 5.75 Å². The van der Waals surface area contributed by atoms with Gasteiger partial charge in [0.15, 0.2) is 12.2 Å². The largest absolute Gasteiger partial charge is 0.463 e. The van der Waals surface area contributed by atoms with Gasteiger partial charge < -0.3 is 53.4 Å². The van der Waals surface area contributed by atoms with E-state index in [4.69, 9.17) is 44.3 Å². The van der Waals surface area contributed by atoms with Crippen molar-refractivity contribution in [2.45, 2.75) is 78.2 Å². The first kappa shape index (κ1) is 42.7. The summed E-state index contributed by atoms with van der Waals surface area (Å²) in [6.45, 7) is 2.88. The predicted molar refractivity (Wildman–Crippen MR) is 183 cm³/mol. The molecule has 0 radical (unpaired) electrons. The van der Waals surface area contributed by atoms with Crippen molar-refractivity contribution in [3.63, 3.8) is 0 Å². The van der Waals surface area contributed by atoms with E-state index in [1.54, 1.807) is 6.07 Å². The Morgan fingerprint density at radius 1 is 0.815 bits per heavy atom. The maximum atomic E-state index is 13.5. The second kappa shape index (κ2) is 21.1. The van der Waals surface area contributed by atoms with E-state index in [9.17, 15) is 39.0 Å². The van der Waals surface area contributed by atoms with Gasteiger partial charge in [0.2, 0.25) is 12.4 Å². The van der Waals surface area contributed by atoms with E-state index in [1.165, 1.54) is 30.3 Å². The number of carbonyl (C=O) groups is 6. The van der Waals surface area contributed by atoms with E-state index < -0.39 is 79.8 Å². The van der Waals surface area contributed by atoms with Gasteiger partial charge in [0.1, 0.15) is 31.7 Å². The average Bonchev–Trinajstić information content (AvgIpc) is 3.12. The number of rotatable bonds is 17. The maximum absolute atomic E-state index is 13.5. The second-order valence-corrected chi connectivity index (χ2v) is 11.5. The molecule has 0 aliphatic carbocycles. The van der Waals surface area contributed by atoms with Gasteiger partial charge in [-0.2, -0.15) is 0 Å². The number of amides is 2. The zero-order valence-electron chi connectivity index (χ0n) is 30.0. The number of hydrogen-bond acceptors (Lipinski definition) is 16. The van der Waals surface area contributed by atoms with Crippen molar-refractivity contribution in [3.8, 4) is 18.1 Å². The van der Waals surface area contributed by atoms with Gasteiger partial charge in [0.05, 0.1) is 25.4 Å². The molecule has 0 spiro atoms. The van der Waals surface area contributed by atoms with E-state index in [0.717, 1.165) is 27.7 Å². The molecule has 0 bridgehead atoms. The summed E-state index contributed by atoms with van der Waals surface area (Å²) in [6.07, 6.45) is -3.21. The van der Waals surface area contributed by atoms with Gasteiger partial charge in [-0.25, -0.2) is 4.79 Å². The number of hydrogen-bond donors (Lipinski definition) is 4. The van der Waals surface area contributed by atoms with E-state index in [1.807, 2.05) is 0 Å². The quantitative estimate of drug-likeness (QED) is 0.0768. The lowest BCUT2D eigenvalue weighted by Gasteiger charge is -2.44. The summed E-state index contributed by atoms with van der Waals surface area (Å²) in [5.41, 5.74) is 1.31. The van der Waals surface area contributed by atoms with Crippen molar-refractivity contribution in [3.05, 3.63) is 58.7 Å². The molecule has 4 N–H and O–H groups in total. The molecule has 1 saturated heterocycles. The number of anilines is 1. The molecule has 54 heavy (non-hydrogen) atoms. The van der Waals surface area contributed by atoms with Gasteiger partial charge in [-0.05, 0) is 35.4 Å². The van der Waals surface area contributed by atoms with Crippen LogP contribution in [-0.4, -0.2) is 103 Å². The molecule has 1 aliphatic heterocycles. The Morgan fingerprint density at radius 2 is 1.48 bits per heavy atom. The monoisotopic (exact) mass is 758 g/mol. The summed E-state index contributed by atoms with van der Waals surface area (Å²) < 4.78 is 44.1. The fourth-order valence-electron chi connectivity index (χ4n) is 5.11. The third-order valence-electron chi connectivity index (χ3n) is 7.33. The highest BCUT2D eigenvalue weighted by molar-refractivity contribution is 5.97. The molecule has 1 heterocycles. The number of ether oxygens (including phenoxy) is 8. The molecule has 18 nitrogen and oxygen atoms in total. The Labute approximate surface area is 310 Å². The normalized spacial score (nSPS) is 18.9. The molecule has 1 unspecified atom stereocenters. The minimum atomic E-state index is -1.65. The lowest BCUT2D eigenvalue weighted by Crippen LogP contribution is -2.63. The van der Waals surface area contributed by atoms with Crippen molar-refractivity contribution in [2.75, 3.05) is 31.7 Å². The second-order valence-electron chi connectivity index (χ2n) is 11.5. The maximum Gasteiger partial charge on any atom is 0.411 e. The van der Waals surface area contributed by atoms with Crippen LogP contribution >= 0.6 is 0 Å². The summed E-state index contributed by atoms with van der Waals surface area (Å²) in [5, 5.41) is 24.2. The van der Waals surface area contributed by atoms with Crippen LogP contribution in [0.15, 0.2) is 36.4 Å². The van der Waals surface area contributed by atoms with Crippen molar-refractivity contribution in [1.29, 1.82) is 0 Å². The smallest absolute Gasteiger partial charge is 0.411 e. The molecule has 1 aliphatic rings. The Bertz CT molecular complexity index is 1710. The molecule has 292 valence electrons. The fourth-order valence-corrected chi connectivity index (χ4v) is 5.11. The molecule has 3 rings (SSSR count). The Morgan fingerprint density at radius 3 is 2.11 bits per heavy atom. The van der Waals surface area contributed by atoms with Crippen LogP contribution in [0.4, 0.5) is 10.5 Å². The first-order valence-corrected chi connectivity index (χ1v) is 16.4. The van der Waals surface area contributed by atoms with E-state index in [-0.39, 0.29) is 50.0 Å². The standard InChI is InChI=1S/C36H42N2O16/c1-6-12-47-13-11-37-34(45)27-15-25(18-49-36(46)38-28-9-7-24(16-39)14-26(28)17-40)8-10-29(27)53-35-33(52-23(5)44)32(51-22(4)43)31(50-21(3)42)30(54-35)19-48-20(2)41/h1,7-10,14-15,30-33,35,39-40H,11-13,16-19H2,2-5H3,(H,37,45)(H,38,46)/t30-,31+,32+,33-,35?/m1/s1. The highest BCUT2D eigenvalue weighted by Gasteiger charge is 2.53. The summed E-state index contributed by atoms with van der Waals surface area (Å²) >= 11 is 0. The number of aliphatic hydroxyl groups excluding tert-OH is 2. The number of terminal acetylenes is 1. The van der Waals surface area contributed by atoms with Crippen molar-refractivity contribution in [1.82, 2.24) is 5.32 Å². The number of aliphatic hydroxyl groups is 2. The summed E-state index contributed by atoms with van der Waals surface area (Å²) in [4.78, 5) is 74.5. The van der Waals surface area contributed by atoms with E-state index >= 15 is 0 Å². The molecule has 1 fully saturated rings. The van der Waals surface area contributed by atoms with Crippen LogP contribution in [0.2, 0.25) is 0 Å². The van der Waals surface area contributed by atoms with Crippen LogP contribution in [-0.2, 0) is 72.2 Å². The van der Waals surface area contributed by atoms with Gasteiger partial charge in [-0.3, -0.25) is 29.3 Å². The minimum Gasteiger partial charge on any atom is -0.463 e. The fraction of sp³-hybridized carbons (Fsp3) is 0.444. The average molecular weight is 759 g/mol. The van der Waals surface area contributed by atoms with Crippen molar-refractivity contribution in [2.24, 2.45) is 0 Å². The molecule has 2 aromatic carbocycles. The number of carbonyl (C=O) groups excluding carboxylic acids is 6. The molecule has 2 amide bonds. The topological polar surface area (TPSA) is 241 Å². The third-order valence-corrected chi connectivity index (χ3v) is 7.33. The van der Waals surface area contributed by atoms with Gasteiger partial charge >= 0.3 is 30.0 Å². The van der Waals surface area contributed by atoms with E-state index in [0.29, 0.717) is 16.7 Å². The van der Waals surface area contributed by atoms with E-state index in [2.05, 4.69) is 16.6 Å². The highest BCUT2D eigenvalue weighted by atomic mass is 16.7. The minimum absolute atomic E-state index is 0.00734. The molecular weight excluding hydrogens is 716 g/mol. The highest BCUT2D eigenvalue weighted by Crippen LogP contribution is 2.32. The first-order valence-electron chi connectivity index (χ1n) is 16.4. The van der Waals surface area contributed by atoms with Gasteiger partial charge in [-0.1, -0.05) is 18.1 Å². The molecule has 18 heteroatoms. The van der Waals surface area contributed by atoms with Gasteiger partial charge in [-0.15, -0.1) is 6.42 Å². The Hall–Kier alpha value is -5.74. The number of esters is 4. The van der Waals surface area contributed by atoms with Crippen LogP contribution in [0, 0.1) is 12.3 Å². The summed E-state index contributed by atoms with van der Waals surface area (Å²) in [5.74, 6) is -1.78. The van der Waals surface area contributed by atoms with Crippen LogP contribution < -0.4 is 15.4 Å². The lowest BCUT2D eigenvalue weighted by atomic mass is 9.98. The molecular formula is C36H42N2O16. The first-order chi connectivity index (χ1) is 25.8. The van der Waals surface area contributed by atoms with Crippen LogP contribution in [0.25, 0.3) is 0 Å². The van der Waals surface area contributed by atoms with Gasteiger partial charge in [0, 0.05) is 45.5 Å². The van der Waals surface area contributed by atoms with Crippen molar-refractivity contribution >= 4 is 41.6 Å². The molecule has 0 saturated carbocycles. The lowest BCUT2D eigenvalue weighted by molar-refractivity contribution is -0.288.